The van der Waals surface area contributed by atoms with Gasteiger partial charge in [0.05, 0.1) is 29.0 Å². The van der Waals surface area contributed by atoms with Crippen LogP contribution in [-0.4, -0.2) is 40.6 Å². The number of hydrogen-bond acceptors (Lipinski definition) is 7. The number of guanidine groups is 1. The summed E-state index contributed by atoms with van der Waals surface area (Å²) in [6.45, 7) is 0.497. The smallest absolute Gasteiger partial charge is 0.224 e. The molecule has 0 atom stereocenters. The normalized spacial score (nSPS) is 20.2. The monoisotopic (exact) mass is 342 g/mol. The number of nitrogens with zero attached hydrogens (tertiary/aromatic N) is 4. The first-order valence-corrected chi connectivity index (χ1v) is 7.68. The number of rotatable bonds is 1. The van der Waals surface area contributed by atoms with Crippen molar-refractivity contribution in [3.8, 4) is 0 Å². The van der Waals surface area contributed by atoms with E-state index in [9.17, 15) is 0 Å². The predicted octanol–water partition coefficient (Wildman–Crippen LogP) is 1.57. The highest BCUT2D eigenvalue weighted by Gasteiger charge is 2.20. The van der Waals surface area contributed by atoms with Crippen molar-refractivity contribution < 1.29 is 0 Å². The zero-order valence-corrected chi connectivity index (χ0v) is 13.6. The lowest BCUT2D eigenvalue weighted by Crippen LogP contribution is -2.36. The van der Waals surface area contributed by atoms with Crippen molar-refractivity contribution in [3.05, 3.63) is 46.9 Å². The van der Waals surface area contributed by atoms with Crippen LogP contribution in [-0.2, 0) is 0 Å². The number of H-pyrrole nitrogens is 1. The second-order valence-electron chi connectivity index (χ2n) is 5.44. The van der Waals surface area contributed by atoms with E-state index in [1.54, 1.807) is 17.3 Å². The van der Waals surface area contributed by atoms with Gasteiger partial charge in [0.2, 0.25) is 5.96 Å². The topological polar surface area (TPSA) is 107 Å². The van der Waals surface area contributed by atoms with Gasteiger partial charge in [0.15, 0.2) is 5.82 Å². The number of dihydropyridines is 1. The first-order valence-electron chi connectivity index (χ1n) is 7.30. The maximum absolute atomic E-state index is 6.44. The summed E-state index contributed by atoms with van der Waals surface area (Å²) in [7, 11) is 1.87. The molecule has 1 aromatic heterocycles. The third-order valence-corrected chi connectivity index (χ3v) is 4.21. The molecule has 0 unspecified atom stereocenters. The lowest BCUT2D eigenvalue weighted by molar-refractivity contribution is 0.438. The number of anilines is 1. The summed E-state index contributed by atoms with van der Waals surface area (Å²) < 4.78 is 0. The van der Waals surface area contributed by atoms with Gasteiger partial charge in [0.25, 0.3) is 0 Å². The third-order valence-electron chi connectivity index (χ3n) is 3.81. The molecular weight excluding hydrogens is 328 g/mol. The van der Waals surface area contributed by atoms with E-state index in [4.69, 9.17) is 17.3 Å². The fourth-order valence-corrected chi connectivity index (χ4v) is 2.76. The van der Waals surface area contributed by atoms with Gasteiger partial charge in [-0.3, -0.25) is 20.5 Å². The van der Waals surface area contributed by atoms with Crippen molar-refractivity contribution in [1.82, 2.24) is 20.6 Å². The van der Waals surface area contributed by atoms with Crippen LogP contribution in [0.3, 0.4) is 0 Å². The zero-order chi connectivity index (χ0) is 16.7. The van der Waals surface area contributed by atoms with Crippen LogP contribution >= 0.6 is 11.6 Å². The molecule has 122 valence electrons. The molecule has 0 bridgehead atoms. The number of hydrogen-bond donors (Lipinski definition) is 4. The largest absolute Gasteiger partial charge is 0.384 e. The van der Waals surface area contributed by atoms with Gasteiger partial charge in [0.1, 0.15) is 5.84 Å². The standard InChI is InChI=1S/C15H15ClN8/c1-24-15(21-14(23-24)8-2-5-12(17)18-6-8)20-11-4-3-10-9(13(11)16)7-19-22-10/h2-5,7,23H,6H2,1H3,(H2,17,18)(H,19,22)(H,20,21). The molecule has 0 spiro atoms. The minimum absolute atomic E-state index is 0.497. The Bertz CT molecular complexity index is 936. The van der Waals surface area contributed by atoms with E-state index in [-0.39, 0.29) is 0 Å². The van der Waals surface area contributed by atoms with Crippen LogP contribution in [0.5, 0.6) is 0 Å². The molecule has 9 heteroatoms. The molecule has 0 saturated carbocycles. The third kappa shape index (κ3) is 2.46. The Morgan fingerprint density at radius 3 is 3.00 bits per heavy atom. The molecule has 2 aliphatic rings. The number of nitrogens with one attached hydrogen (secondary N) is 3. The van der Waals surface area contributed by atoms with Crippen molar-refractivity contribution in [3.63, 3.8) is 0 Å². The first kappa shape index (κ1) is 14.6. The number of halogens is 1. The molecule has 2 aromatic rings. The Kier molecular flexibility index (Phi) is 3.39. The van der Waals surface area contributed by atoms with Crippen molar-refractivity contribution in [2.24, 2.45) is 15.7 Å². The van der Waals surface area contributed by atoms with Gasteiger partial charge >= 0.3 is 0 Å². The Hall–Kier alpha value is -3.00. The molecular formula is C15H15ClN8. The Balaban J connectivity index is 1.64. The summed E-state index contributed by atoms with van der Waals surface area (Å²) in [6, 6.07) is 3.80. The highest BCUT2D eigenvalue weighted by Crippen LogP contribution is 2.30. The van der Waals surface area contributed by atoms with E-state index in [1.165, 1.54) is 0 Å². The summed E-state index contributed by atoms with van der Waals surface area (Å²) in [5, 5.41) is 13.4. The Morgan fingerprint density at radius 1 is 1.33 bits per heavy atom. The Morgan fingerprint density at radius 2 is 2.21 bits per heavy atom. The molecule has 0 radical (unpaired) electrons. The average Bonchev–Trinajstić information content (AvgIpc) is 3.18. The Labute approximate surface area is 142 Å². The fraction of sp³-hybridized carbons (Fsp3) is 0.133. The molecule has 3 heterocycles. The summed E-state index contributed by atoms with van der Waals surface area (Å²) in [5.74, 6) is 1.89. The number of fused-ring (bicyclic) bond motifs is 1. The lowest BCUT2D eigenvalue weighted by Gasteiger charge is -2.17. The van der Waals surface area contributed by atoms with Crippen molar-refractivity contribution >= 4 is 40.0 Å². The molecule has 0 aliphatic carbocycles. The molecule has 0 fully saturated rings. The van der Waals surface area contributed by atoms with Gasteiger partial charge < -0.3 is 11.1 Å². The SMILES string of the molecule is CN1NC(=C2C=CC(N)=NC2)N=C1Nc1ccc2[nH]ncc2c1Cl. The maximum atomic E-state index is 6.44. The molecule has 0 saturated heterocycles. The first-order chi connectivity index (χ1) is 11.6. The van der Waals surface area contributed by atoms with Crippen LogP contribution in [0.2, 0.25) is 5.02 Å². The quantitative estimate of drug-likeness (QED) is 0.629. The van der Waals surface area contributed by atoms with Crippen LogP contribution < -0.4 is 16.5 Å². The molecule has 4 rings (SSSR count). The van der Waals surface area contributed by atoms with E-state index in [0.717, 1.165) is 28.0 Å². The van der Waals surface area contributed by atoms with Gasteiger partial charge in [-0.2, -0.15) is 10.1 Å². The van der Waals surface area contributed by atoms with Crippen molar-refractivity contribution in [2.75, 3.05) is 18.9 Å². The van der Waals surface area contributed by atoms with Gasteiger partial charge in [0, 0.05) is 18.0 Å². The number of aliphatic imine (C=N–C) groups is 2. The number of amidine groups is 1. The summed E-state index contributed by atoms with van der Waals surface area (Å²) in [4.78, 5) is 8.78. The van der Waals surface area contributed by atoms with Crippen molar-refractivity contribution in [2.45, 2.75) is 0 Å². The average molecular weight is 343 g/mol. The predicted molar refractivity (Wildman–Crippen MR) is 95.7 cm³/mol. The van der Waals surface area contributed by atoms with E-state index >= 15 is 0 Å². The second-order valence-corrected chi connectivity index (χ2v) is 5.82. The van der Waals surface area contributed by atoms with Crippen LogP contribution in [0.25, 0.3) is 10.9 Å². The molecule has 8 nitrogen and oxygen atoms in total. The minimum atomic E-state index is 0.497. The van der Waals surface area contributed by atoms with Crippen molar-refractivity contribution in [1.29, 1.82) is 0 Å². The van der Waals surface area contributed by atoms with Crippen LogP contribution in [0.1, 0.15) is 0 Å². The van der Waals surface area contributed by atoms with E-state index < -0.39 is 0 Å². The molecule has 0 amide bonds. The minimum Gasteiger partial charge on any atom is -0.384 e. The number of nitrogens with two attached hydrogens (primary N) is 1. The highest BCUT2D eigenvalue weighted by atomic mass is 35.5. The highest BCUT2D eigenvalue weighted by molar-refractivity contribution is 6.38. The van der Waals surface area contributed by atoms with E-state index in [0.29, 0.717) is 23.4 Å². The molecule has 5 N–H and O–H groups in total. The van der Waals surface area contributed by atoms with Crippen LogP contribution in [0.15, 0.2) is 51.9 Å². The summed E-state index contributed by atoms with van der Waals surface area (Å²) in [5.41, 5.74) is 11.4. The van der Waals surface area contributed by atoms with Gasteiger partial charge in [-0.15, -0.1) is 0 Å². The van der Waals surface area contributed by atoms with Crippen LogP contribution in [0.4, 0.5) is 5.69 Å². The number of aromatic nitrogens is 2. The molecule has 2 aliphatic heterocycles. The summed E-state index contributed by atoms with van der Waals surface area (Å²) in [6.07, 6.45) is 5.37. The second kappa shape index (κ2) is 5.57. The maximum Gasteiger partial charge on any atom is 0.224 e. The van der Waals surface area contributed by atoms with E-state index in [2.05, 4.69) is 30.9 Å². The van der Waals surface area contributed by atoms with E-state index in [1.807, 2.05) is 25.3 Å². The van der Waals surface area contributed by atoms with Gasteiger partial charge in [-0.25, -0.2) is 0 Å². The van der Waals surface area contributed by atoms with Gasteiger partial charge in [-0.05, 0) is 24.3 Å². The molecule has 1 aromatic carbocycles. The number of aromatic amines is 1. The summed E-state index contributed by atoms with van der Waals surface area (Å²) >= 11 is 6.44. The van der Waals surface area contributed by atoms with Crippen LogP contribution in [0, 0.1) is 0 Å². The fourth-order valence-electron chi connectivity index (χ4n) is 2.49. The lowest BCUT2D eigenvalue weighted by atomic mass is 10.2. The number of benzene rings is 1. The zero-order valence-electron chi connectivity index (χ0n) is 12.8. The van der Waals surface area contributed by atoms with Gasteiger partial charge in [-0.1, -0.05) is 11.6 Å². The molecule has 24 heavy (non-hydrogen) atoms. The number of hydrazine groups is 1.